The Balaban J connectivity index is 0.964. The van der Waals surface area contributed by atoms with Crippen molar-refractivity contribution in [1.29, 1.82) is 5.26 Å². The number of aliphatic hydroxyl groups excluding tert-OH is 1. The van der Waals surface area contributed by atoms with Crippen LogP contribution in [0.5, 0.6) is 5.75 Å². The number of carbonyl (C=O) groups is 4. The summed E-state index contributed by atoms with van der Waals surface area (Å²) in [6.45, 7) is 14.6. The second-order valence-electron chi connectivity index (χ2n) is 18.4. The molecular formula is C58H56N2O10. The third-order valence-electron chi connectivity index (χ3n) is 11.4. The van der Waals surface area contributed by atoms with E-state index < -0.39 is 34.7 Å². The van der Waals surface area contributed by atoms with E-state index in [1.165, 1.54) is 0 Å². The lowest BCUT2D eigenvalue weighted by Gasteiger charge is -2.24. The van der Waals surface area contributed by atoms with Gasteiger partial charge in [0.15, 0.2) is 0 Å². The minimum Gasteiger partial charge on any atom is -0.497 e. The highest BCUT2D eigenvalue weighted by molar-refractivity contribution is 6.06. The molecule has 0 aliphatic rings. The first-order valence-corrected chi connectivity index (χ1v) is 22.9. The summed E-state index contributed by atoms with van der Waals surface area (Å²) in [5.41, 5.74) is 2.07. The molecule has 12 heteroatoms. The van der Waals surface area contributed by atoms with Crippen molar-refractivity contribution in [2.75, 3.05) is 33.5 Å². The number of ether oxygens (including phenoxy) is 5. The number of nitrogens with zero attached hydrogens (tertiary/aromatic N) is 2. The molecule has 0 radical (unpaired) electrons. The SMILES string of the molecule is [C-]#[N+]/C(C(=O)OCC(C)(C)COC(=O)CCCCC(=O)OCC(C)(C)COC(=O)/C(C#N)=C(\c1ccc(CO)cc1)c1ccc2ccccc2c1)=C(/c1ccc(OC)cc1)c1ccc2ccccc2c1. The Kier molecular flexibility index (Phi) is 17.4. The van der Waals surface area contributed by atoms with Crippen LogP contribution < -0.4 is 4.74 Å². The van der Waals surface area contributed by atoms with Gasteiger partial charge in [-0.1, -0.05) is 137 Å². The van der Waals surface area contributed by atoms with Gasteiger partial charge in [0, 0.05) is 34.8 Å². The van der Waals surface area contributed by atoms with E-state index in [1.807, 2.05) is 84.9 Å². The van der Waals surface area contributed by atoms with Crippen molar-refractivity contribution in [1.82, 2.24) is 0 Å². The normalized spacial score (nSPS) is 12.2. The fourth-order valence-electron chi connectivity index (χ4n) is 7.51. The Labute approximate surface area is 408 Å². The molecule has 6 aromatic carbocycles. The van der Waals surface area contributed by atoms with Crippen LogP contribution in [-0.4, -0.2) is 62.5 Å². The number of hydrogen-bond acceptors (Lipinski definition) is 11. The van der Waals surface area contributed by atoms with Gasteiger partial charge in [-0.25, -0.2) is 9.64 Å². The van der Waals surface area contributed by atoms with E-state index in [9.17, 15) is 29.5 Å². The topological polar surface area (TPSA) is 163 Å². The number of benzene rings is 6. The van der Waals surface area contributed by atoms with E-state index in [0.717, 1.165) is 21.5 Å². The fourth-order valence-corrected chi connectivity index (χ4v) is 7.51. The van der Waals surface area contributed by atoms with E-state index in [-0.39, 0.29) is 57.1 Å². The van der Waals surface area contributed by atoms with Crippen molar-refractivity contribution < 1.29 is 48.0 Å². The minimum absolute atomic E-state index is 0.0464. The number of nitriles is 1. The first kappa shape index (κ1) is 51.3. The van der Waals surface area contributed by atoms with Gasteiger partial charge in [-0.05, 0) is 86.5 Å². The largest absolute Gasteiger partial charge is 0.497 e. The van der Waals surface area contributed by atoms with Gasteiger partial charge in [0.05, 0.1) is 40.1 Å². The van der Waals surface area contributed by atoms with E-state index in [2.05, 4.69) is 10.9 Å². The van der Waals surface area contributed by atoms with Gasteiger partial charge in [-0.3, -0.25) is 14.4 Å². The Morgan fingerprint density at radius 3 is 1.47 bits per heavy atom. The average molecular weight is 941 g/mol. The van der Waals surface area contributed by atoms with Crippen LogP contribution in [0.15, 0.2) is 145 Å². The molecule has 0 saturated heterocycles. The predicted molar refractivity (Wildman–Crippen MR) is 267 cm³/mol. The Hall–Kier alpha value is -8.06. The van der Waals surface area contributed by atoms with Crippen LogP contribution in [0.4, 0.5) is 0 Å². The van der Waals surface area contributed by atoms with Crippen molar-refractivity contribution >= 4 is 56.6 Å². The Bertz CT molecular complexity index is 2800. The van der Waals surface area contributed by atoms with E-state index in [4.69, 9.17) is 30.3 Å². The average Bonchev–Trinajstić information content (AvgIpc) is 3.38. The first-order chi connectivity index (χ1) is 33.6. The second kappa shape index (κ2) is 23.8. The molecule has 12 nitrogen and oxygen atoms in total. The minimum atomic E-state index is -0.828. The standard InChI is InChI=1S/C58H56N2O10/c1-57(2,37-69-55(64)49(33-59)52(42-21-19-39(34-61)20-22-42)46-25-23-40-13-7-9-15-44(40)31-46)35-67-50(62)17-11-12-18-51(63)68-36-58(3,4)38-70-56(65)54(60-5)53(43-27-29-48(66-6)30-28-43)47-26-24-41-14-8-10-16-45(41)32-47/h7-10,13-16,19-32,61H,11-12,17-18,34-38H2,1-4,6H3/b52-49+,54-53-. The van der Waals surface area contributed by atoms with Crippen LogP contribution in [-0.2, 0) is 44.7 Å². The van der Waals surface area contributed by atoms with Crippen LogP contribution in [0, 0.1) is 28.7 Å². The first-order valence-electron chi connectivity index (χ1n) is 22.9. The maximum Gasteiger partial charge on any atom is 0.349 e. The molecule has 6 aromatic rings. The summed E-state index contributed by atoms with van der Waals surface area (Å²) in [5.74, 6) is -1.97. The van der Waals surface area contributed by atoms with Crippen LogP contribution in [0.25, 0.3) is 37.5 Å². The molecule has 0 unspecified atom stereocenters. The van der Waals surface area contributed by atoms with Crippen LogP contribution in [0.1, 0.15) is 81.2 Å². The molecule has 0 aliphatic heterocycles. The maximum atomic E-state index is 13.6. The number of fused-ring (bicyclic) bond motifs is 2. The number of esters is 4. The van der Waals surface area contributed by atoms with E-state index in [0.29, 0.717) is 57.6 Å². The zero-order valence-corrected chi connectivity index (χ0v) is 40.1. The third-order valence-corrected chi connectivity index (χ3v) is 11.4. The van der Waals surface area contributed by atoms with Crippen molar-refractivity contribution in [2.45, 2.75) is 60.0 Å². The van der Waals surface area contributed by atoms with Gasteiger partial charge in [-0.15, -0.1) is 0 Å². The summed E-state index contributed by atoms with van der Waals surface area (Å²) in [6.07, 6.45) is 0.813. The van der Waals surface area contributed by atoms with Crippen LogP contribution >= 0.6 is 0 Å². The number of aliphatic hydroxyl groups is 1. The van der Waals surface area contributed by atoms with Gasteiger partial charge in [0.25, 0.3) is 5.70 Å². The molecule has 1 N–H and O–H groups in total. The summed E-state index contributed by atoms with van der Waals surface area (Å²) >= 11 is 0. The molecule has 0 aromatic heterocycles. The molecule has 0 fully saturated rings. The molecule has 0 saturated carbocycles. The molecule has 0 bridgehead atoms. The van der Waals surface area contributed by atoms with Gasteiger partial charge < -0.3 is 28.8 Å². The lowest BCUT2D eigenvalue weighted by molar-refractivity contribution is -0.153. The zero-order valence-electron chi connectivity index (χ0n) is 40.1. The van der Waals surface area contributed by atoms with E-state index >= 15 is 0 Å². The van der Waals surface area contributed by atoms with Crippen LogP contribution in [0.2, 0.25) is 0 Å². The summed E-state index contributed by atoms with van der Waals surface area (Å²) in [4.78, 5) is 56.3. The van der Waals surface area contributed by atoms with Crippen LogP contribution in [0.3, 0.4) is 0 Å². The number of hydrogen-bond donors (Lipinski definition) is 1. The van der Waals surface area contributed by atoms with Crippen molar-refractivity contribution in [3.8, 4) is 11.8 Å². The van der Waals surface area contributed by atoms with Crippen molar-refractivity contribution in [3.63, 3.8) is 0 Å². The highest BCUT2D eigenvalue weighted by Crippen LogP contribution is 2.34. The molecular weight excluding hydrogens is 885 g/mol. The van der Waals surface area contributed by atoms with Gasteiger partial charge in [0.1, 0.15) is 24.0 Å². The maximum absolute atomic E-state index is 13.6. The molecule has 0 aliphatic carbocycles. The van der Waals surface area contributed by atoms with Crippen molar-refractivity contribution in [3.05, 3.63) is 184 Å². The highest BCUT2D eigenvalue weighted by Gasteiger charge is 2.28. The predicted octanol–water partition coefficient (Wildman–Crippen LogP) is 11.0. The molecule has 6 rings (SSSR count). The molecule has 358 valence electrons. The zero-order chi connectivity index (χ0) is 50.3. The Morgan fingerprint density at radius 2 is 1.00 bits per heavy atom. The quantitative estimate of drug-likeness (QED) is 0.0182. The lowest BCUT2D eigenvalue weighted by atomic mass is 9.91. The molecule has 70 heavy (non-hydrogen) atoms. The molecule has 0 atom stereocenters. The monoisotopic (exact) mass is 940 g/mol. The number of unbranched alkanes of at least 4 members (excludes halogenated alkanes) is 1. The summed E-state index contributed by atoms with van der Waals surface area (Å²) in [6, 6.07) is 43.1. The fraction of sp³-hybridized carbons (Fsp3) is 0.276. The van der Waals surface area contributed by atoms with Crippen molar-refractivity contribution in [2.24, 2.45) is 10.8 Å². The highest BCUT2D eigenvalue weighted by atomic mass is 16.6. The number of methoxy groups -OCH3 is 1. The smallest absolute Gasteiger partial charge is 0.349 e. The van der Waals surface area contributed by atoms with Gasteiger partial charge in [0.2, 0.25) is 0 Å². The summed E-state index contributed by atoms with van der Waals surface area (Å²) < 4.78 is 27.8. The summed E-state index contributed by atoms with van der Waals surface area (Å²) in [5, 5.41) is 23.8. The van der Waals surface area contributed by atoms with E-state index in [1.54, 1.807) is 83.3 Å². The number of rotatable bonds is 21. The third kappa shape index (κ3) is 13.8. The number of carbonyl (C=O) groups excluding carboxylic acids is 4. The molecule has 0 spiro atoms. The second-order valence-corrected chi connectivity index (χ2v) is 18.4. The van der Waals surface area contributed by atoms with Gasteiger partial charge in [-0.2, -0.15) is 5.26 Å². The lowest BCUT2D eigenvalue weighted by Crippen LogP contribution is -2.29. The van der Waals surface area contributed by atoms with Gasteiger partial charge >= 0.3 is 23.9 Å². The molecule has 0 amide bonds. The summed E-state index contributed by atoms with van der Waals surface area (Å²) in [7, 11) is 1.56. The Morgan fingerprint density at radius 1 is 0.571 bits per heavy atom. The molecule has 0 heterocycles.